The van der Waals surface area contributed by atoms with Gasteiger partial charge < -0.3 is 5.73 Å². The fourth-order valence-electron chi connectivity index (χ4n) is 2.31. The molecule has 0 aliphatic rings. The zero-order valence-electron chi connectivity index (χ0n) is 11.1. The molecule has 104 valence electrons. The van der Waals surface area contributed by atoms with E-state index in [9.17, 15) is 4.39 Å². The number of fused-ring (bicyclic) bond motifs is 1. The van der Waals surface area contributed by atoms with Crippen LogP contribution in [0.2, 0.25) is 5.02 Å². The normalized spacial score (nSPS) is 11.4. The van der Waals surface area contributed by atoms with Crippen LogP contribution < -0.4 is 5.73 Å². The molecule has 7 heteroatoms. The molecule has 0 saturated carbocycles. The van der Waals surface area contributed by atoms with Crippen molar-refractivity contribution < 1.29 is 4.39 Å². The van der Waals surface area contributed by atoms with Gasteiger partial charge in [-0.1, -0.05) is 11.6 Å². The summed E-state index contributed by atoms with van der Waals surface area (Å²) in [5.74, 6) is -0.228. The number of aryl methyl sites for hydroxylation is 2. The van der Waals surface area contributed by atoms with Gasteiger partial charge in [0.15, 0.2) is 5.65 Å². The zero-order valence-corrected chi connectivity index (χ0v) is 11.8. The summed E-state index contributed by atoms with van der Waals surface area (Å²) < 4.78 is 17.5. The van der Waals surface area contributed by atoms with Crippen molar-refractivity contribution in [3.05, 3.63) is 34.7 Å². The van der Waals surface area contributed by atoms with Gasteiger partial charge in [-0.25, -0.2) is 14.1 Å². The Morgan fingerprint density at radius 2 is 2.15 bits per heavy atom. The monoisotopic (exact) mass is 293 g/mol. The lowest BCUT2D eigenvalue weighted by Crippen LogP contribution is -2.08. The number of benzene rings is 1. The molecular weight excluding hydrogens is 281 g/mol. The van der Waals surface area contributed by atoms with E-state index in [4.69, 9.17) is 17.3 Å². The minimum Gasteiger partial charge on any atom is -0.369 e. The molecule has 2 N–H and O–H groups in total. The van der Waals surface area contributed by atoms with Crippen LogP contribution >= 0.6 is 11.6 Å². The fourth-order valence-corrected chi connectivity index (χ4v) is 2.46. The summed E-state index contributed by atoms with van der Waals surface area (Å²) in [5.41, 5.74) is 8.38. The molecule has 1 aromatic carbocycles. The van der Waals surface area contributed by atoms with Crippen molar-refractivity contribution in [2.75, 3.05) is 5.73 Å². The van der Waals surface area contributed by atoms with E-state index in [-0.39, 0.29) is 5.95 Å². The maximum absolute atomic E-state index is 14.1. The molecular formula is C13H13ClFN5. The van der Waals surface area contributed by atoms with E-state index in [1.165, 1.54) is 6.07 Å². The average Bonchev–Trinajstić information content (AvgIpc) is 2.88. The number of imidazole rings is 1. The molecule has 0 aliphatic heterocycles. The molecule has 0 amide bonds. The first-order valence-electron chi connectivity index (χ1n) is 6.19. The summed E-state index contributed by atoms with van der Waals surface area (Å²) in [5, 5.41) is 4.71. The lowest BCUT2D eigenvalue weighted by atomic mass is 10.3. The SMILES string of the molecule is CCn1nc(C)c2nc(N)n(-c3ccc(Cl)cc3F)c21. The Labute approximate surface area is 119 Å². The average molecular weight is 294 g/mol. The van der Waals surface area contributed by atoms with Crippen LogP contribution in [-0.2, 0) is 6.54 Å². The van der Waals surface area contributed by atoms with E-state index in [0.717, 1.165) is 5.69 Å². The van der Waals surface area contributed by atoms with Crippen LogP contribution in [0.3, 0.4) is 0 Å². The van der Waals surface area contributed by atoms with Gasteiger partial charge >= 0.3 is 0 Å². The number of nitrogens with two attached hydrogens (primary N) is 1. The van der Waals surface area contributed by atoms with E-state index < -0.39 is 5.82 Å². The molecule has 0 aliphatic carbocycles. The third-order valence-corrected chi connectivity index (χ3v) is 3.42. The van der Waals surface area contributed by atoms with Crippen LogP contribution in [0, 0.1) is 12.7 Å². The van der Waals surface area contributed by atoms with Crippen LogP contribution in [0.15, 0.2) is 18.2 Å². The summed E-state index contributed by atoms with van der Waals surface area (Å²) >= 11 is 5.79. The largest absolute Gasteiger partial charge is 0.369 e. The topological polar surface area (TPSA) is 61.7 Å². The smallest absolute Gasteiger partial charge is 0.207 e. The first-order chi connectivity index (χ1) is 9.52. The second kappa shape index (κ2) is 4.49. The number of nitrogens with zero attached hydrogens (tertiary/aromatic N) is 4. The fraction of sp³-hybridized carbons (Fsp3) is 0.231. The van der Waals surface area contributed by atoms with Gasteiger partial charge in [0.1, 0.15) is 11.3 Å². The third-order valence-electron chi connectivity index (χ3n) is 3.19. The Morgan fingerprint density at radius 1 is 1.40 bits per heavy atom. The second-order valence-corrected chi connectivity index (χ2v) is 4.91. The molecule has 0 bridgehead atoms. The van der Waals surface area contributed by atoms with E-state index >= 15 is 0 Å². The molecule has 0 spiro atoms. The highest BCUT2D eigenvalue weighted by Crippen LogP contribution is 2.27. The maximum Gasteiger partial charge on any atom is 0.207 e. The van der Waals surface area contributed by atoms with E-state index in [1.807, 2.05) is 13.8 Å². The number of anilines is 1. The molecule has 5 nitrogen and oxygen atoms in total. The third kappa shape index (κ3) is 1.76. The molecule has 0 fully saturated rings. The molecule has 20 heavy (non-hydrogen) atoms. The molecule has 2 aromatic heterocycles. The van der Waals surface area contributed by atoms with Gasteiger partial charge in [0.25, 0.3) is 0 Å². The highest BCUT2D eigenvalue weighted by molar-refractivity contribution is 6.30. The van der Waals surface area contributed by atoms with Crippen molar-refractivity contribution in [1.82, 2.24) is 19.3 Å². The van der Waals surface area contributed by atoms with Crippen molar-refractivity contribution in [1.29, 1.82) is 0 Å². The molecule has 2 heterocycles. The number of nitrogen functional groups attached to an aromatic ring is 1. The van der Waals surface area contributed by atoms with Gasteiger partial charge in [-0.3, -0.25) is 4.57 Å². The number of rotatable bonds is 2. The van der Waals surface area contributed by atoms with Crippen LogP contribution in [-0.4, -0.2) is 19.3 Å². The first-order valence-corrected chi connectivity index (χ1v) is 6.57. The van der Waals surface area contributed by atoms with Crippen molar-refractivity contribution in [2.24, 2.45) is 0 Å². The van der Waals surface area contributed by atoms with Crippen molar-refractivity contribution in [2.45, 2.75) is 20.4 Å². The van der Waals surface area contributed by atoms with Gasteiger partial charge in [0.05, 0.1) is 11.4 Å². The summed E-state index contributed by atoms with van der Waals surface area (Å²) in [7, 11) is 0. The first kappa shape index (κ1) is 12.9. The molecule has 0 atom stereocenters. The number of aromatic nitrogens is 4. The summed E-state index contributed by atoms with van der Waals surface area (Å²) in [4.78, 5) is 4.28. The highest BCUT2D eigenvalue weighted by atomic mass is 35.5. The Kier molecular flexibility index (Phi) is 2.90. The van der Waals surface area contributed by atoms with Gasteiger partial charge in [-0.15, -0.1) is 0 Å². The van der Waals surface area contributed by atoms with Crippen molar-refractivity contribution in [3.63, 3.8) is 0 Å². The van der Waals surface area contributed by atoms with Crippen LogP contribution in [0.4, 0.5) is 10.3 Å². The highest BCUT2D eigenvalue weighted by Gasteiger charge is 2.19. The Balaban J connectivity index is 2.38. The maximum atomic E-state index is 14.1. The molecule has 3 rings (SSSR count). The van der Waals surface area contributed by atoms with E-state index in [2.05, 4.69) is 10.1 Å². The predicted octanol–water partition coefficient (Wildman–Crippen LogP) is 2.93. The molecule has 0 unspecified atom stereocenters. The van der Waals surface area contributed by atoms with Gasteiger partial charge in [0.2, 0.25) is 5.95 Å². The number of hydrogen-bond donors (Lipinski definition) is 1. The van der Waals surface area contributed by atoms with Gasteiger partial charge in [0, 0.05) is 11.6 Å². The lowest BCUT2D eigenvalue weighted by Gasteiger charge is -2.09. The minimum atomic E-state index is -0.454. The molecule has 0 saturated heterocycles. The second-order valence-electron chi connectivity index (χ2n) is 4.47. The Morgan fingerprint density at radius 3 is 2.80 bits per heavy atom. The molecule has 3 aromatic rings. The quantitative estimate of drug-likeness (QED) is 0.790. The predicted molar refractivity (Wildman–Crippen MR) is 76.6 cm³/mol. The van der Waals surface area contributed by atoms with Crippen LogP contribution in [0.25, 0.3) is 16.9 Å². The summed E-state index contributed by atoms with van der Waals surface area (Å²) in [6.45, 7) is 4.45. The standard InChI is InChI=1S/C13H13ClFN5/c1-3-19-12-11(7(2)18-19)17-13(16)20(12)10-5-4-8(14)6-9(10)15/h4-6H,3H2,1-2H3,(H2,16,17). The van der Waals surface area contributed by atoms with Crippen LogP contribution in [0.1, 0.15) is 12.6 Å². The van der Waals surface area contributed by atoms with Crippen molar-refractivity contribution >= 4 is 28.7 Å². The van der Waals surface area contributed by atoms with Crippen molar-refractivity contribution in [3.8, 4) is 5.69 Å². The van der Waals surface area contributed by atoms with E-state index in [1.54, 1.807) is 21.4 Å². The Hall–Kier alpha value is -2.08. The Bertz CT molecular complexity index is 805. The minimum absolute atomic E-state index is 0.226. The van der Waals surface area contributed by atoms with Gasteiger partial charge in [-0.05, 0) is 32.0 Å². The van der Waals surface area contributed by atoms with Gasteiger partial charge in [-0.2, -0.15) is 5.10 Å². The van der Waals surface area contributed by atoms with E-state index in [0.29, 0.717) is 28.4 Å². The number of halogens is 2. The number of hydrogen-bond acceptors (Lipinski definition) is 3. The van der Waals surface area contributed by atoms with Crippen LogP contribution in [0.5, 0.6) is 0 Å². The summed E-state index contributed by atoms with van der Waals surface area (Å²) in [6.07, 6.45) is 0. The zero-order chi connectivity index (χ0) is 14.4. The molecule has 0 radical (unpaired) electrons. The lowest BCUT2D eigenvalue weighted by molar-refractivity contribution is 0.615. The summed E-state index contributed by atoms with van der Waals surface area (Å²) in [6, 6.07) is 4.45.